The van der Waals surface area contributed by atoms with E-state index in [0.29, 0.717) is 11.6 Å². The van der Waals surface area contributed by atoms with Crippen LogP contribution in [0.2, 0.25) is 0 Å². The number of ether oxygens (including phenoxy) is 1. The molecule has 0 saturated carbocycles. The number of carbonyl (C=O) groups excluding carboxylic acids is 1. The summed E-state index contributed by atoms with van der Waals surface area (Å²) in [6, 6.07) is 9.13. The zero-order chi connectivity index (χ0) is 20.3. The molecule has 3 rings (SSSR count). The highest BCUT2D eigenvalue weighted by Crippen LogP contribution is 2.32. The molecule has 3 aromatic rings. The first kappa shape index (κ1) is 19.5. The van der Waals surface area contributed by atoms with Crippen molar-refractivity contribution < 1.29 is 14.1 Å². The molecule has 0 radical (unpaired) electrons. The van der Waals surface area contributed by atoms with Gasteiger partial charge in [0.1, 0.15) is 11.6 Å². The summed E-state index contributed by atoms with van der Waals surface area (Å²) in [6.45, 7) is 6.23. The summed E-state index contributed by atoms with van der Waals surface area (Å²) < 4.78 is 12.1. The highest BCUT2D eigenvalue weighted by Gasteiger charge is 2.18. The van der Waals surface area contributed by atoms with Gasteiger partial charge in [0, 0.05) is 18.7 Å². The molecule has 0 unspecified atom stereocenters. The predicted molar refractivity (Wildman–Crippen MR) is 106 cm³/mol. The number of nitrogens with one attached hydrogen (secondary N) is 2. The van der Waals surface area contributed by atoms with Gasteiger partial charge in [-0.25, -0.2) is 4.79 Å². The smallest absolute Gasteiger partial charge is 0.320 e. The second-order valence-corrected chi connectivity index (χ2v) is 6.84. The van der Waals surface area contributed by atoms with Crippen LogP contribution in [-0.4, -0.2) is 28.1 Å². The van der Waals surface area contributed by atoms with Crippen LogP contribution in [0.25, 0.3) is 11.1 Å². The minimum Gasteiger partial charge on any atom is -0.497 e. The fourth-order valence-corrected chi connectivity index (χ4v) is 2.91. The van der Waals surface area contributed by atoms with Gasteiger partial charge < -0.3 is 14.6 Å². The van der Waals surface area contributed by atoms with E-state index >= 15 is 0 Å². The average molecular weight is 383 g/mol. The van der Waals surface area contributed by atoms with Crippen molar-refractivity contribution in [3.8, 4) is 16.9 Å². The minimum absolute atomic E-state index is 0.250. The van der Waals surface area contributed by atoms with Crippen molar-refractivity contribution in [3.63, 3.8) is 0 Å². The second-order valence-electron chi connectivity index (χ2n) is 6.84. The lowest BCUT2D eigenvalue weighted by Gasteiger charge is -2.10. The van der Waals surface area contributed by atoms with Crippen molar-refractivity contribution in [3.05, 3.63) is 47.5 Å². The lowest BCUT2D eigenvalue weighted by atomic mass is 10.1. The minimum atomic E-state index is -0.347. The Morgan fingerprint density at radius 2 is 2.00 bits per heavy atom. The fraction of sp³-hybridized carbons (Fsp3) is 0.350. The van der Waals surface area contributed by atoms with Crippen molar-refractivity contribution in [2.45, 2.75) is 33.2 Å². The van der Waals surface area contributed by atoms with Crippen molar-refractivity contribution in [1.82, 2.24) is 20.3 Å². The summed E-state index contributed by atoms with van der Waals surface area (Å²) in [4.78, 5) is 12.4. The van der Waals surface area contributed by atoms with Crippen LogP contribution in [0.1, 0.15) is 36.9 Å². The van der Waals surface area contributed by atoms with Crippen molar-refractivity contribution in [2.24, 2.45) is 7.05 Å². The number of nitrogens with zero attached hydrogens (tertiary/aromatic N) is 3. The fourth-order valence-electron chi connectivity index (χ4n) is 2.91. The van der Waals surface area contributed by atoms with Gasteiger partial charge in [-0.2, -0.15) is 5.10 Å². The van der Waals surface area contributed by atoms with Crippen LogP contribution in [0.15, 0.2) is 34.9 Å². The van der Waals surface area contributed by atoms with Crippen molar-refractivity contribution >= 4 is 11.8 Å². The number of amides is 2. The molecular formula is C20H25N5O3. The Morgan fingerprint density at radius 1 is 1.29 bits per heavy atom. The van der Waals surface area contributed by atoms with Gasteiger partial charge in [-0.3, -0.25) is 10.00 Å². The summed E-state index contributed by atoms with van der Waals surface area (Å²) in [5.74, 6) is 2.26. The third kappa shape index (κ3) is 4.16. The maximum Gasteiger partial charge on any atom is 0.320 e. The van der Waals surface area contributed by atoms with E-state index in [4.69, 9.17) is 9.26 Å². The highest BCUT2D eigenvalue weighted by molar-refractivity contribution is 5.93. The van der Waals surface area contributed by atoms with E-state index in [2.05, 4.69) is 20.9 Å². The van der Waals surface area contributed by atoms with Crippen LogP contribution in [-0.2, 0) is 13.6 Å². The lowest BCUT2D eigenvalue weighted by Crippen LogP contribution is -2.29. The zero-order valence-corrected chi connectivity index (χ0v) is 16.7. The number of methoxy groups -OCH3 is 1. The maximum atomic E-state index is 12.4. The number of rotatable bonds is 6. The van der Waals surface area contributed by atoms with Crippen LogP contribution in [0.5, 0.6) is 5.75 Å². The van der Waals surface area contributed by atoms with Gasteiger partial charge in [0.05, 0.1) is 25.0 Å². The first-order valence-electron chi connectivity index (χ1n) is 9.07. The Morgan fingerprint density at radius 3 is 2.61 bits per heavy atom. The Labute approximate surface area is 163 Å². The van der Waals surface area contributed by atoms with Crippen LogP contribution in [0.4, 0.5) is 10.6 Å². The summed E-state index contributed by atoms with van der Waals surface area (Å²) in [7, 11) is 3.42. The molecule has 2 aromatic heterocycles. The number of benzene rings is 1. The number of urea groups is 1. The van der Waals surface area contributed by atoms with E-state index in [-0.39, 0.29) is 18.5 Å². The molecule has 0 aliphatic heterocycles. The normalized spacial score (nSPS) is 10.9. The Kier molecular flexibility index (Phi) is 5.67. The van der Waals surface area contributed by atoms with E-state index in [1.807, 2.05) is 51.1 Å². The van der Waals surface area contributed by atoms with Gasteiger partial charge >= 0.3 is 6.03 Å². The van der Waals surface area contributed by atoms with E-state index in [0.717, 1.165) is 28.3 Å². The molecule has 0 atom stereocenters. The Balaban J connectivity index is 1.73. The Bertz CT molecular complexity index is 957. The summed E-state index contributed by atoms with van der Waals surface area (Å²) in [5, 5.41) is 14.1. The van der Waals surface area contributed by atoms with E-state index in [1.54, 1.807) is 18.8 Å². The van der Waals surface area contributed by atoms with E-state index in [9.17, 15) is 4.79 Å². The molecule has 0 aliphatic carbocycles. The van der Waals surface area contributed by atoms with Crippen LogP contribution in [0, 0.1) is 6.92 Å². The van der Waals surface area contributed by atoms with Gasteiger partial charge in [0.2, 0.25) is 0 Å². The average Bonchev–Trinajstić information content (AvgIpc) is 3.25. The van der Waals surface area contributed by atoms with Crippen molar-refractivity contribution in [1.29, 1.82) is 0 Å². The highest BCUT2D eigenvalue weighted by atomic mass is 16.5. The molecule has 0 spiro atoms. The molecular weight excluding hydrogens is 358 g/mol. The molecule has 8 heteroatoms. The molecule has 148 valence electrons. The van der Waals surface area contributed by atoms with E-state index < -0.39 is 0 Å². The van der Waals surface area contributed by atoms with Crippen LogP contribution in [0.3, 0.4) is 0 Å². The van der Waals surface area contributed by atoms with Gasteiger partial charge in [0.15, 0.2) is 5.76 Å². The lowest BCUT2D eigenvalue weighted by molar-refractivity contribution is 0.250. The number of hydrogen-bond donors (Lipinski definition) is 2. The maximum absolute atomic E-state index is 12.4. The van der Waals surface area contributed by atoms with Crippen molar-refractivity contribution in [2.75, 3.05) is 12.4 Å². The monoisotopic (exact) mass is 383 g/mol. The quantitative estimate of drug-likeness (QED) is 0.674. The number of hydrogen-bond acceptors (Lipinski definition) is 5. The number of aromatic nitrogens is 3. The first-order valence-corrected chi connectivity index (χ1v) is 9.07. The molecule has 1 aromatic carbocycles. The molecule has 2 amide bonds. The molecule has 0 bridgehead atoms. The van der Waals surface area contributed by atoms with Gasteiger partial charge in [-0.05, 0) is 30.5 Å². The van der Waals surface area contributed by atoms with Crippen LogP contribution < -0.4 is 15.4 Å². The SMILES string of the molecule is COc1ccc(-c2c(C)nn(C)c2NC(=O)NCc2cc(C(C)C)no2)cc1. The summed E-state index contributed by atoms with van der Waals surface area (Å²) in [5.41, 5.74) is 3.49. The molecule has 0 saturated heterocycles. The largest absolute Gasteiger partial charge is 0.497 e. The third-order valence-corrected chi connectivity index (χ3v) is 4.42. The first-order chi connectivity index (χ1) is 13.4. The van der Waals surface area contributed by atoms with Crippen LogP contribution >= 0.6 is 0 Å². The standard InChI is InChI=1S/C20H25N5O3/c1-12(2)17-10-16(28-24-17)11-21-20(26)22-19-18(13(3)23-25(19)4)14-6-8-15(27-5)9-7-14/h6-10,12H,11H2,1-5H3,(H2,21,22,26). The molecule has 0 fully saturated rings. The summed E-state index contributed by atoms with van der Waals surface area (Å²) >= 11 is 0. The topological polar surface area (TPSA) is 94.2 Å². The second kappa shape index (κ2) is 8.16. The molecule has 2 N–H and O–H groups in total. The van der Waals surface area contributed by atoms with Gasteiger partial charge in [-0.1, -0.05) is 31.1 Å². The summed E-state index contributed by atoms with van der Waals surface area (Å²) in [6.07, 6.45) is 0. The Hall–Kier alpha value is -3.29. The zero-order valence-electron chi connectivity index (χ0n) is 16.7. The molecule has 0 aliphatic rings. The molecule has 28 heavy (non-hydrogen) atoms. The number of aryl methyl sites for hydroxylation is 2. The van der Waals surface area contributed by atoms with E-state index in [1.165, 1.54) is 0 Å². The predicted octanol–water partition coefficient (Wildman–Crippen LogP) is 3.84. The number of anilines is 1. The van der Waals surface area contributed by atoms with Gasteiger partial charge in [-0.15, -0.1) is 0 Å². The molecule has 8 nitrogen and oxygen atoms in total. The van der Waals surface area contributed by atoms with Gasteiger partial charge in [0.25, 0.3) is 0 Å². The molecule has 2 heterocycles. The number of carbonyl (C=O) groups is 1. The third-order valence-electron chi connectivity index (χ3n) is 4.42.